The molecule has 15 heavy (non-hydrogen) atoms. The molecule has 7 heteroatoms. The molecule has 0 radical (unpaired) electrons. The minimum absolute atomic E-state index is 0.0516. The van der Waals surface area contributed by atoms with Crippen molar-refractivity contribution in [3.05, 3.63) is 23.8 Å². The molecule has 1 aromatic carbocycles. The van der Waals surface area contributed by atoms with Crippen LogP contribution in [-0.2, 0) is 9.05 Å². The van der Waals surface area contributed by atoms with Crippen LogP contribution >= 0.6 is 10.7 Å². The highest BCUT2D eigenvalue weighted by Crippen LogP contribution is 2.24. The molecular weight excluding hydrogens is 244 g/mol. The van der Waals surface area contributed by atoms with E-state index in [2.05, 4.69) is 0 Å². The SMILES string of the molecule is COc1cc(S(=O)(=O)Cl)ccc1C(=O)O. The lowest BCUT2D eigenvalue weighted by Crippen LogP contribution is -2.02. The summed E-state index contributed by atoms with van der Waals surface area (Å²) in [7, 11) is 2.45. The average molecular weight is 251 g/mol. The average Bonchev–Trinajstić information content (AvgIpc) is 2.15. The van der Waals surface area contributed by atoms with Gasteiger partial charge in [0.1, 0.15) is 11.3 Å². The van der Waals surface area contributed by atoms with Crippen molar-refractivity contribution >= 4 is 25.7 Å². The molecule has 0 amide bonds. The van der Waals surface area contributed by atoms with Crippen molar-refractivity contribution < 1.29 is 23.1 Å². The summed E-state index contributed by atoms with van der Waals surface area (Å²) in [5.74, 6) is -1.26. The van der Waals surface area contributed by atoms with Gasteiger partial charge in [0.15, 0.2) is 0 Å². The van der Waals surface area contributed by atoms with Crippen molar-refractivity contribution in [3.63, 3.8) is 0 Å². The van der Waals surface area contributed by atoms with Crippen molar-refractivity contribution in [1.29, 1.82) is 0 Å². The minimum atomic E-state index is -3.88. The molecule has 0 aliphatic rings. The first-order valence-electron chi connectivity index (χ1n) is 3.72. The summed E-state index contributed by atoms with van der Waals surface area (Å²) in [6.45, 7) is 0. The van der Waals surface area contributed by atoms with E-state index in [4.69, 9.17) is 20.5 Å². The van der Waals surface area contributed by atoms with Gasteiger partial charge in [0.05, 0.1) is 12.0 Å². The van der Waals surface area contributed by atoms with E-state index < -0.39 is 15.0 Å². The lowest BCUT2D eigenvalue weighted by atomic mass is 10.2. The molecule has 0 aromatic heterocycles. The molecule has 82 valence electrons. The van der Waals surface area contributed by atoms with Crippen LogP contribution in [0.2, 0.25) is 0 Å². The topological polar surface area (TPSA) is 80.7 Å². The van der Waals surface area contributed by atoms with Crippen LogP contribution in [0.15, 0.2) is 23.1 Å². The van der Waals surface area contributed by atoms with E-state index in [9.17, 15) is 13.2 Å². The molecule has 0 heterocycles. The number of methoxy groups -OCH3 is 1. The molecule has 0 fully saturated rings. The van der Waals surface area contributed by atoms with E-state index in [0.717, 1.165) is 18.2 Å². The maximum atomic E-state index is 10.9. The molecular formula is C8H7ClO5S. The quantitative estimate of drug-likeness (QED) is 0.819. The van der Waals surface area contributed by atoms with E-state index in [1.54, 1.807) is 0 Å². The van der Waals surface area contributed by atoms with E-state index in [1.807, 2.05) is 0 Å². The summed E-state index contributed by atoms with van der Waals surface area (Å²) in [6.07, 6.45) is 0. The maximum Gasteiger partial charge on any atom is 0.339 e. The lowest BCUT2D eigenvalue weighted by molar-refractivity contribution is 0.0693. The number of benzene rings is 1. The Morgan fingerprint density at radius 1 is 1.47 bits per heavy atom. The zero-order valence-electron chi connectivity index (χ0n) is 7.60. The summed E-state index contributed by atoms with van der Waals surface area (Å²) >= 11 is 0. The van der Waals surface area contributed by atoms with Crippen LogP contribution in [0.5, 0.6) is 5.75 Å². The number of carboxylic acid groups (broad SMARTS) is 1. The molecule has 1 aromatic rings. The van der Waals surface area contributed by atoms with Gasteiger partial charge >= 0.3 is 5.97 Å². The third-order valence-electron chi connectivity index (χ3n) is 1.68. The molecule has 0 aliphatic heterocycles. The fourth-order valence-corrected chi connectivity index (χ4v) is 1.77. The largest absolute Gasteiger partial charge is 0.496 e. The summed E-state index contributed by atoms with van der Waals surface area (Å²) in [5, 5.41) is 8.73. The van der Waals surface area contributed by atoms with Crippen LogP contribution in [0.1, 0.15) is 10.4 Å². The Hall–Kier alpha value is -1.27. The molecule has 0 atom stereocenters. The molecule has 0 aliphatic carbocycles. The second kappa shape index (κ2) is 4.08. The van der Waals surface area contributed by atoms with Gasteiger partial charge in [-0.2, -0.15) is 0 Å². The van der Waals surface area contributed by atoms with Gasteiger partial charge in [0, 0.05) is 16.7 Å². The monoisotopic (exact) mass is 250 g/mol. The van der Waals surface area contributed by atoms with Crippen molar-refractivity contribution in [2.45, 2.75) is 4.90 Å². The van der Waals surface area contributed by atoms with E-state index in [-0.39, 0.29) is 16.2 Å². The molecule has 0 saturated carbocycles. The third kappa shape index (κ3) is 2.60. The van der Waals surface area contributed by atoms with Gasteiger partial charge in [-0.25, -0.2) is 13.2 Å². The number of ether oxygens (including phenoxy) is 1. The highest BCUT2D eigenvalue weighted by Gasteiger charge is 2.16. The molecule has 1 N–H and O–H groups in total. The lowest BCUT2D eigenvalue weighted by Gasteiger charge is -2.05. The highest BCUT2D eigenvalue weighted by molar-refractivity contribution is 8.13. The van der Waals surface area contributed by atoms with E-state index in [1.165, 1.54) is 7.11 Å². The van der Waals surface area contributed by atoms with Gasteiger partial charge in [0.25, 0.3) is 9.05 Å². The fraction of sp³-hybridized carbons (Fsp3) is 0.125. The van der Waals surface area contributed by atoms with Crippen LogP contribution in [0.4, 0.5) is 0 Å². The highest BCUT2D eigenvalue weighted by atomic mass is 35.7. The smallest absolute Gasteiger partial charge is 0.339 e. The van der Waals surface area contributed by atoms with Gasteiger partial charge in [-0.15, -0.1) is 0 Å². The fourth-order valence-electron chi connectivity index (χ4n) is 1.000. The number of hydrogen-bond acceptors (Lipinski definition) is 4. The number of rotatable bonds is 3. The van der Waals surface area contributed by atoms with Gasteiger partial charge in [-0.3, -0.25) is 0 Å². The van der Waals surface area contributed by atoms with Crippen molar-refractivity contribution in [2.24, 2.45) is 0 Å². The summed E-state index contributed by atoms with van der Waals surface area (Å²) < 4.78 is 26.6. The number of carboxylic acids is 1. The summed E-state index contributed by atoms with van der Waals surface area (Å²) in [6, 6.07) is 3.29. The number of carbonyl (C=O) groups is 1. The Balaban J connectivity index is 3.38. The van der Waals surface area contributed by atoms with Crippen LogP contribution < -0.4 is 4.74 Å². The first-order valence-corrected chi connectivity index (χ1v) is 6.03. The van der Waals surface area contributed by atoms with Gasteiger partial charge in [-0.1, -0.05) is 0 Å². The zero-order chi connectivity index (χ0) is 11.6. The predicted octanol–water partition coefficient (Wildman–Crippen LogP) is 1.32. The van der Waals surface area contributed by atoms with Gasteiger partial charge in [-0.05, 0) is 12.1 Å². The maximum absolute atomic E-state index is 10.9. The Kier molecular flexibility index (Phi) is 3.21. The zero-order valence-corrected chi connectivity index (χ0v) is 9.17. The molecule has 0 spiro atoms. The van der Waals surface area contributed by atoms with Crippen LogP contribution in [-0.4, -0.2) is 26.6 Å². The molecule has 0 saturated heterocycles. The normalized spacial score (nSPS) is 11.1. The van der Waals surface area contributed by atoms with Crippen molar-refractivity contribution in [2.75, 3.05) is 7.11 Å². The number of aromatic carboxylic acids is 1. The predicted molar refractivity (Wildman–Crippen MR) is 53.0 cm³/mol. The van der Waals surface area contributed by atoms with E-state index >= 15 is 0 Å². The van der Waals surface area contributed by atoms with E-state index in [0.29, 0.717) is 0 Å². The Bertz CT molecular complexity index is 494. The van der Waals surface area contributed by atoms with Crippen LogP contribution in [0.3, 0.4) is 0 Å². The number of halogens is 1. The van der Waals surface area contributed by atoms with Crippen molar-refractivity contribution in [3.8, 4) is 5.75 Å². The number of hydrogen-bond donors (Lipinski definition) is 1. The Morgan fingerprint density at radius 2 is 2.07 bits per heavy atom. The first kappa shape index (κ1) is 11.8. The van der Waals surface area contributed by atoms with Gasteiger partial charge in [0.2, 0.25) is 0 Å². The summed E-state index contributed by atoms with van der Waals surface area (Å²) in [5.41, 5.74) is -0.124. The summed E-state index contributed by atoms with van der Waals surface area (Å²) in [4.78, 5) is 10.5. The molecule has 0 bridgehead atoms. The molecule has 0 unspecified atom stereocenters. The Labute approximate surface area is 90.7 Å². The Morgan fingerprint density at radius 3 is 2.47 bits per heavy atom. The van der Waals surface area contributed by atoms with Crippen LogP contribution in [0, 0.1) is 0 Å². The minimum Gasteiger partial charge on any atom is -0.496 e. The first-order chi connectivity index (χ1) is 6.86. The van der Waals surface area contributed by atoms with Crippen LogP contribution in [0.25, 0.3) is 0 Å². The van der Waals surface area contributed by atoms with Crippen molar-refractivity contribution in [1.82, 2.24) is 0 Å². The molecule has 1 rings (SSSR count). The second-order valence-corrected chi connectivity index (χ2v) is 5.17. The standard InChI is InChI=1S/C8H7ClO5S/c1-14-7-4-5(15(9,12)13)2-3-6(7)8(10)11/h2-4H,1H3,(H,10,11). The van der Waals surface area contributed by atoms with Gasteiger partial charge < -0.3 is 9.84 Å². The molecule has 5 nitrogen and oxygen atoms in total. The third-order valence-corrected chi connectivity index (χ3v) is 3.04. The second-order valence-electron chi connectivity index (χ2n) is 2.61.